The molecule has 2 aromatic rings. The largest absolute Gasteiger partial charge is 0.494 e. The SMILES string of the molecule is CCOc1cccc(N2C(=O)C(SC(C)C)=C(c3ccccc3)C2=O)c1. The molecular weight excluding hydrogens is 346 g/mol. The maximum atomic E-state index is 13.2. The summed E-state index contributed by atoms with van der Waals surface area (Å²) < 4.78 is 5.51. The van der Waals surface area contributed by atoms with Gasteiger partial charge >= 0.3 is 0 Å². The first-order valence-corrected chi connectivity index (χ1v) is 9.49. The third-order valence-corrected chi connectivity index (χ3v) is 4.93. The van der Waals surface area contributed by atoms with E-state index in [1.165, 1.54) is 16.7 Å². The van der Waals surface area contributed by atoms with Crippen molar-refractivity contribution in [2.24, 2.45) is 0 Å². The van der Waals surface area contributed by atoms with Gasteiger partial charge in [0.25, 0.3) is 11.8 Å². The summed E-state index contributed by atoms with van der Waals surface area (Å²) in [5, 5.41) is 0.190. The van der Waals surface area contributed by atoms with Crippen LogP contribution >= 0.6 is 11.8 Å². The Balaban J connectivity index is 2.05. The number of anilines is 1. The number of amides is 2. The molecule has 0 aliphatic carbocycles. The van der Waals surface area contributed by atoms with Crippen molar-refractivity contribution < 1.29 is 14.3 Å². The summed E-state index contributed by atoms with van der Waals surface area (Å²) >= 11 is 1.43. The Bertz CT molecular complexity index is 859. The summed E-state index contributed by atoms with van der Waals surface area (Å²) in [6.07, 6.45) is 0. The van der Waals surface area contributed by atoms with Gasteiger partial charge in [-0.2, -0.15) is 0 Å². The van der Waals surface area contributed by atoms with Crippen LogP contribution in [-0.2, 0) is 9.59 Å². The molecule has 26 heavy (non-hydrogen) atoms. The van der Waals surface area contributed by atoms with Gasteiger partial charge < -0.3 is 4.74 Å². The average Bonchev–Trinajstić information content (AvgIpc) is 2.86. The number of benzene rings is 2. The predicted octanol–water partition coefficient (Wildman–Crippen LogP) is 4.51. The van der Waals surface area contributed by atoms with E-state index in [1.54, 1.807) is 18.2 Å². The standard InChI is InChI=1S/C21H21NO3S/c1-4-25-17-12-8-11-16(13-17)22-20(23)18(15-9-6-5-7-10-15)19(21(22)24)26-14(2)3/h5-14H,4H2,1-3H3. The zero-order chi connectivity index (χ0) is 18.7. The van der Waals surface area contributed by atoms with Crippen molar-refractivity contribution in [2.75, 3.05) is 11.5 Å². The van der Waals surface area contributed by atoms with Crippen LogP contribution in [0.1, 0.15) is 26.3 Å². The van der Waals surface area contributed by atoms with Crippen molar-refractivity contribution in [2.45, 2.75) is 26.0 Å². The first kappa shape index (κ1) is 18.3. The lowest BCUT2D eigenvalue weighted by Crippen LogP contribution is -2.31. The summed E-state index contributed by atoms with van der Waals surface area (Å²) in [4.78, 5) is 28.0. The molecule has 1 heterocycles. The molecule has 1 aliphatic rings. The van der Waals surface area contributed by atoms with Crippen LogP contribution < -0.4 is 9.64 Å². The van der Waals surface area contributed by atoms with Crippen molar-refractivity contribution in [3.63, 3.8) is 0 Å². The summed E-state index contributed by atoms with van der Waals surface area (Å²) in [5.41, 5.74) is 1.76. The molecule has 3 rings (SSSR count). The summed E-state index contributed by atoms with van der Waals surface area (Å²) in [7, 11) is 0. The highest BCUT2D eigenvalue weighted by molar-refractivity contribution is 8.04. The van der Waals surface area contributed by atoms with Crippen molar-refractivity contribution in [1.82, 2.24) is 0 Å². The third-order valence-electron chi connectivity index (χ3n) is 3.84. The minimum atomic E-state index is -0.294. The Morgan fingerprint density at radius 1 is 1.00 bits per heavy atom. The molecular formula is C21H21NO3S. The van der Waals surface area contributed by atoms with Crippen LogP contribution in [0.25, 0.3) is 5.57 Å². The Morgan fingerprint density at radius 2 is 1.73 bits per heavy atom. The van der Waals surface area contributed by atoms with Crippen LogP contribution in [0, 0.1) is 0 Å². The lowest BCUT2D eigenvalue weighted by molar-refractivity contribution is -0.119. The molecule has 0 radical (unpaired) electrons. The van der Waals surface area contributed by atoms with Gasteiger partial charge in [-0.1, -0.05) is 50.2 Å². The molecule has 0 saturated heterocycles. The van der Waals surface area contributed by atoms with Crippen LogP contribution in [0.2, 0.25) is 0 Å². The molecule has 0 unspecified atom stereocenters. The Hall–Kier alpha value is -2.53. The molecule has 0 spiro atoms. The fourth-order valence-corrected chi connectivity index (χ4v) is 3.81. The van der Waals surface area contributed by atoms with E-state index in [4.69, 9.17) is 4.74 Å². The molecule has 134 valence electrons. The quantitative estimate of drug-likeness (QED) is 0.705. The topological polar surface area (TPSA) is 46.6 Å². The molecule has 0 aromatic heterocycles. The van der Waals surface area contributed by atoms with Crippen LogP contribution in [0.3, 0.4) is 0 Å². The number of hydrogen-bond acceptors (Lipinski definition) is 4. The van der Waals surface area contributed by atoms with Gasteiger partial charge in [-0.15, -0.1) is 11.8 Å². The van der Waals surface area contributed by atoms with Crippen LogP contribution in [0.15, 0.2) is 59.5 Å². The van der Waals surface area contributed by atoms with E-state index in [9.17, 15) is 9.59 Å². The maximum Gasteiger partial charge on any atom is 0.272 e. The zero-order valence-electron chi connectivity index (χ0n) is 15.1. The first-order chi connectivity index (χ1) is 12.5. The minimum Gasteiger partial charge on any atom is -0.494 e. The van der Waals surface area contributed by atoms with E-state index in [1.807, 2.05) is 57.2 Å². The highest BCUT2D eigenvalue weighted by Crippen LogP contribution is 2.40. The number of imide groups is 1. The minimum absolute atomic E-state index is 0.190. The van der Waals surface area contributed by atoms with Gasteiger partial charge in [-0.3, -0.25) is 9.59 Å². The second-order valence-electron chi connectivity index (χ2n) is 6.11. The normalized spacial score (nSPS) is 14.5. The maximum absolute atomic E-state index is 13.2. The second kappa shape index (κ2) is 7.79. The van der Waals surface area contributed by atoms with Crippen molar-refractivity contribution in [3.8, 4) is 5.75 Å². The van der Waals surface area contributed by atoms with Gasteiger partial charge in [-0.05, 0) is 24.6 Å². The number of hydrogen-bond donors (Lipinski definition) is 0. The number of thioether (sulfide) groups is 1. The molecule has 1 aliphatic heterocycles. The molecule has 4 nitrogen and oxygen atoms in total. The van der Waals surface area contributed by atoms with Gasteiger partial charge in [0.15, 0.2) is 0 Å². The molecule has 2 aromatic carbocycles. The average molecular weight is 367 g/mol. The summed E-state index contributed by atoms with van der Waals surface area (Å²) in [6.45, 7) is 6.44. The van der Waals surface area contributed by atoms with Crippen LogP contribution in [0.5, 0.6) is 5.75 Å². The van der Waals surface area contributed by atoms with Crippen molar-refractivity contribution >= 4 is 34.8 Å². The highest BCUT2D eigenvalue weighted by atomic mass is 32.2. The fraction of sp³-hybridized carbons (Fsp3) is 0.238. The predicted molar refractivity (Wildman–Crippen MR) is 106 cm³/mol. The van der Waals surface area contributed by atoms with E-state index in [2.05, 4.69) is 0 Å². The van der Waals surface area contributed by atoms with Gasteiger partial charge in [0.1, 0.15) is 5.75 Å². The van der Waals surface area contributed by atoms with Crippen LogP contribution in [-0.4, -0.2) is 23.7 Å². The summed E-state index contributed by atoms with van der Waals surface area (Å²) in [5.74, 6) is 0.0658. The zero-order valence-corrected chi connectivity index (χ0v) is 15.9. The fourth-order valence-electron chi connectivity index (χ4n) is 2.83. The van der Waals surface area contributed by atoms with E-state index < -0.39 is 0 Å². The number of carbonyl (C=O) groups excluding carboxylic acids is 2. The lowest BCUT2D eigenvalue weighted by Gasteiger charge is -2.16. The van der Waals surface area contributed by atoms with Crippen LogP contribution in [0.4, 0.5) is 5.69 Å². The number of rotatable bonds is 6. The molecule has 0 atom stereocenters. The third kappa shape index (κ3) is 3.53. The van der Waals surface area contributed by atoms with Gasteiger partial charge in [-0.25, -0.2) is 4.90 Å². The summed E-state index contributed by atoms with van der Waals surface area (Å²) in [6, 6.07) is 16.4. The molecule has 0 bridgehead atoms. The van der Waals surface area contributed by atoms with E-state index in [0.717, 1.165) is 5.56 Å². The Labute approximate surface area is 157 Å². The molecule has 0 saturated carbocycles. The number of ether oxygens (including phenoxy) is 1. The molecule has 5 heteroatoms. The Kier molecular flexibility index (Phi) is 5.47. The lowest BCUT2D eigenvalue weighted by atomic mass is 10.1. The first-order valence-electron chi connectivity index (χ1n) is 8.61. The van der Waals surface area contributed by atoms with E-state index >= 15 is 0 Å². The van der Waals surface area contributed by atoms with E-state index in [0.29, 0.717) is 28.5 Å². The molecule has 0 fully saturated rings. The van der Waals surface area contributed by atoms with Gasteiger partial charge in [0.05, 0.1) is 22.8 Å². The molecule has 0 N–H and O–H groups in total. The Morgan fingerprint density at radius 3 is 2.38 bits per heavy atom. The monoisotopic (exact) mass is 367 g/mol. The highest BCUT2D eigenvalue weighted by Gasteiger charge is 2.40. The second-order valence-corrected chi connectivity index (χ2v) is 7.70. The van der Waals surface area contributed by atoms with Crippen molar-refractivity contribution in [1.29, 1.82) is 0 Å². The molecule has 2 amide bonds. The van der Waals surface area contributed by atoms with Crippen molar-refractivity contribution in [3.05, 3.63) is 65.1 Å². The number of carbonyl (C=O) groups is 2. The van der Waals surface area contributed by atoms with E-state index in [-0.39, 0.29) is 17.1 Å². The number of nitrogens with zero attached hydrogens (tertiary/aromatic N) is 1. The smallest absolute Gasteiger partial charge is 0.272 e. The van der Waals surface area contributed by atoms with Gasteiger partial charge in [0, 0.05) is 11.3 Å². The van der Waals surface area contributed by atoms with Gasteiger partial charge in [0.2, 0.25) is 0 Å².